The molecule has 6 rings (SSSR count). The number of hydrogen-bond donors (Lipinski definition) is 1. The van der Waals surface area contributed by atoms with Gasteiger partial charge in [0, 0.05) is 45.6 Å². The van der Waals surface area contributed by atoms with Crippen LogP contribution < -0.4 is 14.8 Å². The minimum absolute atomic E-state index is 0.00763. The van der Waals surface area contributed by atoms with Crippen molar-refractivity contribution in [1.82, 2.24) is 34.4 Å². The zero-order valence-corrected chi connectivity index (χ0v) is 40.4. The number of carbonyl (C=O) groups is 1. The first-order valence-corrected chi connectivity index (χ1v) is 23.4. The van der Waals surface area contributed by atoms with Gasteiger partial charge >= 0.3 is 12.1 Å². The molecule has 3 aromatic carbocycles. The van der Waals surface area contributed by atoms with Gasteiger partial charge in [0.15, 0.2) is 17.0 Å². The monoisotopic (exact) mass is 961 g/mol. The molecule has 1 aliphatic heterocycles. The molecule has 1 aliphatic rings. The quantitative estimate of drug-likeness (QED) is 0.0217. The van der Waals surface area contributed by atoms with Gasteiger partial charge in [-0.15, -0.1) is 0 Å². The van der Waals surface area contributed by atoms with Crippen LogP contribution in [-0.4, -0.2) is 120 Å². The van der Waals surface area contributed by atoms with E-state index in [1.54, 1.807) is 30.0 Å². The lowest BCUT2D eigenvalue weighted by Gasteiger charge is -2.39. The number of hydrogen-bond acceptors (Lipinski definition) is 13. The summed E-state index contributed by atoms with van der Waals surface area (Å²) in [6, 6.07) is 27.4. The van der Waals surface area contributed by atoms with Crippen LogP contribution in [0.15, 0.2) is 90.2 Å². The van der Waals surface area contributed by atoms with Crippen LogP contribution in [-0.2, 0) is 35.3 Å². The van der Waals surface area contributed by atoms with Gasteiger partial charge in [0.2, 0.25) is 0 Å². The second-order valence-electron chi connectivity index (χ2n) is 16.7. The highest BCUT2D eigenvalue weighted by Gasteiger charge is 2.46. The Kier molecular flexibility index (Phi) is 17.9. The van der Waals surface area contributed by atoms with Crippen LogP contribution >= 0.6 is 8.53 Å². The minimum Gasteiger partial charge on any atom is -0.497 e. The second-order valence-corrected chi connectivity index (χ2v) is 18.1. The summed E-state index contributed by atoms with van der Waals surface area (Å²) < 4.78 is 82.4. The number of nitrogens with one attached hydrogen (secondary N) is 1. The van der Waals surface area contributed by atoms with Crippen molar-refractivity contribution in [3.8, 4) is 17.6 Å². The Labute approximate surface area is 396 Å². The van der Waals surface area contributed by atoms with Crippen LogP contribution in [0.25, 0.3) is 11.2 Å². The molecule has 68 heavy (non-hydrogen) atoms. The maximum Gasteiger partial charge on any atom is 0.471 e. The molecule has 2 aromatic heterocycles. The highest BCUT2D eigenvalue weighted by molar-refractivity contribution is 7.44. The third-order valence-corrected chi connectivity index (χ3v) is 13.2. The van der Waals surface area contributed by atoms with Crippen LogP contribution in [0.3, 0.4) is 0 Å². The van der Waals surface area contributed by atoms with E-state index in [0.29, 0.717) is 28.5 Å². The average molecular weight is 962 g/mol. The van der Waals surface area contributed by atoms with E-state index in [-0.39, 0.29) is 63.3 Å². The smallest absolute Gasteiger partial charge is 0.471 e. The molecule has 0 aliphatic carbocycles. The first-order valence-electron chi connectivity index (χ1n) is 22.3. The summed E-state index contributed by atoms with van der Waals surface area (Å²) in [5.41, 5.74) is 1.94. The van der Waals surface area contributed by atoms with E-state index >= 15 is 0 Å². The molecule has 0 radical (unpaired) electrons. The molecular weight excluding hydrogens is 903 g/mol. The molecule has 0 saturated carbocycles. The van der Waals surface area contributed by atoms with Crippen molar-refractivity contribution in [2.75, 3.05) is 48.1 Å². The third kappa shape index (κ3) is 12.3. The van der Waals surface area contributed by atoms with Crippen molar-refractivity contribution in [1.29, 1.82) is 5.26 Å². The molecule has 0 bridgehead atoms. The SMILES string of the molecule is COc1ccc(C(OC[C@H]2O[C@@H](n3c(CCCNC(=O)C(F)(F)F)nc4c(/N=C/N(C)C)ncnc43)C[C@@H]2OP(OCCC#N)N(C(C)C)C(C)C)(c2ccccc2)c2ccc(OC)cc2)cc1. The number of benzene rings is 3. The summed E-state index contributed by atoms with van der Waals surface area (Å²) in [6.45, 7) is 8.04. The Balaban J connectivity index is 1.48. The predicted octanol–water partition coefficient (Wildman–Crippen LogP) is 8.63. The number of methoxy groups -OCH3 is 2. The predicted molar refractivity (Wildman–Crippen MR) is 251 cm³/mol. The summed E-state index contributed by atoms with van der Waals surface area (Å²) in [7, 11) is 5.05. The standard InChI is InChI=1S/C48H59F3N9O7P/c1-32(2)60(33(3)4)68(65-27-13-25-52)67-39-28-42(59-41(16-12-26-53-46(61)48(49,50)51)57-43-44(56-31-58(5)6)54-30-55-45(43)59)66-40(39)29-64-47(34-14-10-9-11-15-34,35-17-21-37(62-7)22-18-35)36-19-23-38(63-8)24-20-36/h9-11,14-15,17-24,30-33,39-40,42H,12-13,16,26-29H2,1-8H3,(H,53,61)/b56-31+/t39-,40+,42+,68?/m0/s1. The van der Waals surface area contributed by atoms with Gasteiger partial charge in [-0.25, -0.2) is 24.6 Å². The molecule has 364 valence electrons. The minimum atomic E-state index is -5.02. The normalized spacial score (nSPS) is 17.0. The summed E-state index contributed by atoms with van der Waals surface area (Å²) >= 11 is 0. The Bertz CT molecular complexity index is 2410. The summed E-state index contributed by atoms with van der Waals surface area (Å²) in [4.78, 5) is 31.9. The van der Waals surface area contributed by atoms with Gasteiger partial charge in [-0.05, 0) is 75.1 Å². The van der Waals surface area contributed by atoms with E-state index in [2.05, 4.69) is 53.4 Å². The Morgan fingerprint density at radius 2 is 1.59 bits per heavy atom. The Hall–Kier alpha value is -5.74. The maximum atomic E-state index is 13.1. The number of carbonyl (C=O) groups excluding carboxylic acids is 1. The molecule has 20 heteroatoms. The number of nitrogens with zero attached hydrogens (tertiary/aromatic N) is 8. The van der Waals surface area contributed by atoms with Crippen molar-refractivity contribution in [2.24, 2.45) is 4.99 Å². The number of aliphatic imine (C=N–C) groups is 1. The summed E-state index contributed by atoms with van der Waals surface area (Å²) in [5.74, 6) is -0.0143. The van der Waals surface area contributed by atoms with Gasteiger partial charge < -0.3 is 38.2 Å². The molecule has 1 fully saturated rings. The number of imidazole rings is 1. The van der Waals surface area contributed by atoms with Gasteiger partial charge in [-0.1, -0.05) is 54.6 Å². The second kappa shape index (κ2) is 23.5. The van der Waals surface area contributed by atoms with E-state index in [4.69, 9.17) is 33.0 Å². The van der Waals surface area contributed by atoms with Gasteiger partial charge in [-0.3, -0.25) is 9.36 Å². The lowest BCUT2D eigenvalue weighted by atomic mass is 9.80. The molecular formula is C48H59F3N9O7P. The number of aromatic nitrogens is 4. The number of nitriles is 1. The van der Waals surface area contributed by atoms with Gasteiger partial charge in [0.05, 0.1) is 52.4 Å². The number of alkyl halides is 3. The molecule has 16 nitrogen and oxygen atoms in total. The molecule has 5 aromatic rings. The average Bonchev–Trinajstić information content (AvgIpc) is 3.90. The van der Waals surface area contributed by atoms with Crippen LogP contribution in [0.4, 0.5) is 19.0 Å². The van der Waals surface area contributed by atoms with E-state index in [1.165, 1.54) is 6.33 Å². The highest BCUT2D eigenvalue weighted by Crippen LogP contribution is 2.51. The third-order valence-electron chi connectivity index (χ3n) is 11.1. The lowest BCUT2D eigenvalue weighted by Crippen LogP contribution is -2.39. The van der Waals surface area contributed by atoms with Crippen molar-refractivity contribution >= 4 is 37.8 Å². The number of halogens is 3. The largest absolute Gasteiger partial charge is 0.497 e. The van der Waals surface area contributed by atoms with E-state index in [0.717, 1.165) is 16.7 Å². The van der Waals surface area contributed by atoms with Crippen molar-refractivity contribution < 1.29 is 46.0 Å². The number of aryl methyl sites for hydroxylation is 1. The number of fused-ring (bicyclic) bond motifs is 1. The number of ether oxygens (including phenoxy) is 4. The van der Waals surface area contributed by atoms with Crippen LogP contribution in [0.5, 0.6) is 11.5 Å². The highest BCUT2D eigenvalue weighted by atomic mass is 31.2. The van der Waals surface area contributed by atoms with Crippen molar-refractivity contribution in [3.05, 3.63) is 108 Å². The molecule has 1 amide bonds. The van der Waals surface area contributed by atoms with Gasteiger partial charge in [0.1, 0.15) is 41.6 Å². The summed E-state index contributed by atoms with van der Waals surface area (Å²) in [6.07, 6.45) is -3.77. The summed E-state index contributed by atoms with van der Waals surface area (Å²) in [5, 5.41) is 11.4. The fraction of sp³-hybridized carbons (Fsp3) is 0.458. The number of amides is 1. The zero-order chi connectivity index (χ0) is 49.0. The molecule has 0 spiro atoms. The lowest BCUT2D eigenvalue weighted by molar-refractivity contribution is -0.173. The fourth-order valence-electron chi connectivity index (χ4n) is 8.05. The first kappa shape index (κ1) is 51.6. The van der Waals surface area contributed by atoms with E-state index in [1.807, 2.05) is 98.3 Å². The molecule has 1 saturated heterocycles. The maximum absolute atomic E-state index is 13.1. The molecule has 1 unspecified atom stereocenters. The zero-order valence-electron chi connectivity index (χ0n) is 39.5. The topological polar surface area (TPSA) is 171 Å². The Morgan fingerprint density at radius 1 is 0.971 bits per heavy atom. The van der Waals surface area contributed by atoms with E-state index in [9.17, 15) is 23.2 Å². The Morgan fingerprint density at radius 3 is 2.15 bits per heavy atom. The van der Waals surface area contributed by atoms with E-state index < -0.39 is 44.6 Å². The fourth-order valence-corrected chi connectivity index (χ4v) is 9.80. The van der Waals surface area contributed by atoms with Crippen molar-refractivity contribution in [2.45, 2.75) is 95.7 Å². The van der Waals surface area contributed by atoms with Gasteiger partial charge in [0.25, 0.3) is 8.53 Å². The molecule has 3 heterocycles. The van der Waals surface area contributed by atoms with Gasteiger partial charge in [-0.2, -0.15) is 18.4 Å². The first-order chi connectivity index (χ1) is 32.6. The van der Waals surface area contributed by atoms with Crippen molar-refractivity contribution in [3.63, 3.8) is 0 Å². The van der Waals surface area contributed by atoms with Crippen LogP contribution in [0.2, 0.25) is 0 Å². The molecule has 4 atom stereocenters. The van der Waals surface area contributed by atoms with Crippen LogP contribution in [0, 0.1) is 11.3 Å². The molecule has 1 N–H and O–H groups in total. The number of rotatable bonds is 23. The van der Waals surface area contributed by atoms with Crippen LogP contribution in [0.1, 0.15) is 75.7 Å².